The Balaban J connectivity index is 2.02. The minimum atomic E-state index is 0.382. The van der Waals surface area contributed by atoms with Crippen molar-refractivity contribution in [3.63, 3.8) is 0 Å². The molecule has 0 radical (unpaired) electrons. The van der Waals surface area contributed by atoms with Crippen LogP contribution in [0.3, 0.4) is 0 Å². The van der Waals surface area contributed by atoms with Crippen molar-refractivity contribution in [2.24, 2.45) is 0 Å². The van der Waals surface area contributed by atoms with Gasteiger partial charge in [-0.25, -0.2) is 4.68 Å². The van der Waals surface area contributed by atoms with Crippen LogP contribution in [0.4, 0.5) is 5.82 Å². The zero-order chi connectivity index (χ0) is 14.7. The fraction of sp³-hybridized carbons (Fsp3) is 0.471. The predicted molar refractivity (Wildman–Crippen MR) is 84.8 cm³/mol. The first-order valence-corrected chi connectivity index (χ1v) is 7.81. The van der Waals surface area contributed by atoms with Gasteiger partial charge in [-0.05, 0) is 31.4 Å². The zero-order valence-electron chi connectivity index (χ0n) is 12.6. The Morgan fingerprint density at radius 3 is 2.81 bits per heavy atom. The Morgan fingerprint density at radius 1 is 1.33 bits per heavy atom. The number of nitrogens with zero attached hydrogens (tertiary/aromatic N) is 2. The Bertz CT molecular complexity index is 586. The van der Waals surface area contributed by atoms with E-state index in [0.717, 1.165) is 56.1 Å². The summed E-state index contributed by atoms with van der Waals surface area (Å²) < 4.78 is 7.52. The highest BCUT2D eigenvalue weighted by Crippen LogP contribution is 2.32. The number of nitrogen functional groups attached to an aromatic ring is 1. The van der Waals surface area contributed by atoms with Crippen molar-refractivity contribution in [3.8, 4) is 5.69 Å². The van der Waals surface area contributed by atoms with Gasteiger partial charge in [-0.2, -0.15) is 5.10 Å². The predicted octanol–water partition coefficient (Wildman–Crippen LogP) is 3.30. The minimum Gasteiger partial charge on any atom is -0.383 e. The lowest BCUT2D eigenvalue weighted by Gasteiger charge is -2.21. The van der Waals surface area contributed by atoms with Crippen molar-refractivity contribution in [2.75, 3.05) is 18.9 Å². The Labute approximate surface area is 125 Å². The summed E-state index contributed by atoms with van der Waals surface area (Å²) in [6, 6.07) is 10.1. The van der Waals surface area contributed by atoms with Crippen LogP contribution in [0.2, 0.25) is 0 Å². The molecule has 4 nitrogen and oxygen atoms in total. The second-order valence-corrected chi connectivity index (χ2v) is 5.66. The highest BCUT2D eigenvalue weighted by molar-refractivity contribution is 5.51. The van der Waals surface area contributed by atoms with Crippen molar-refractivity contribution in [2.45, 2.75) is 38.5 Å². The van der Waals surface area contributed by atoms with Gasteiger partial charge < -0.3 is 10.5 Å². The van der Waals surface area contributed by atoms with Gasteiger partial charge in [-0.3, -0.25) is 0 Å². The summed E-state index contributed by atoms with van der Waals surface area (Å²) in [6.07, 6.45) is 4.30. The number of hydrogen-bond acceptors (Lipinski definition) is 3. The Morgan fingerprint density at radius 2 is 2.14 bits per heavy atom. The van der Waals surface area contributed by atoms with Crippen LogP contribution in [0.25, 0.3) is 5.69 Å². The third kappa shape index (κ3) is 2.81. The van der Waals surface area contributed by atoms with E-state index in [0.29, 0.717) is 5.92 Å². The fourth-order valence-electron chi connectivity index (χ4n) is 3.04. The molecular formula is C17H23N3O. The Kier molecular flexibility index (Phi) is 4.25. The number of para-hydroxylation sites is 1. The maximum absolute atomic E-state index is 6.39. The molecule has 0 amide bonds. The molecule has 1 aliphatic heterocycles. The summed E-state index contributed by atoms with van der Waals surface area (Å²) in [5.74, 6) is 1.16. The zero-order valence-corrected chi connectivity index (χ0v) is 12.6. The van der Waals surface area contributed by atoms with Gasteiger partial charge in [0.1, 0.15) is 5.82 Å². The summed E-state index contributed by atoms with van der Waals surface area (Å²) >= 11 is 0. The Hall–Kier alpha value is -1.81. The molecule has 1 aromatic heterocycles. The van der Waals surface area contributed by atoms with Gasteiger partial charge in [0.2, 0.25) is 0 Å². The molecule has 1 saturated heterocycles. The smallest absolute Gasteiger partial charge is 0.130 e. The summed E-state index contributed by atoms with van der Waals surface area (Å²) in [4.78, 5) is 0. The fourth-order valence-corrected chi connectivity index (χ4v) is 3.04. The second-order valence-electron chi connectivity index (χ2n) is 5.66. The van der Waals surface area contributed by atoms with Gasteiger partial charge in [-0.1, -0.05) is 31.5 Å². The first-order valence-electron chi connectivity index (χ1n) is 7.81. The molecule has 1 fully saturated rings. The van der Waals surface area contributed by atoms with Crippen LogP contribution in [-0.2, 0) is 11.2 Å². The van der Waals surface area contributed by atoms with Crippen molar-refractivity contribution < 1.29 is 4.74 Å². The standard InChI is InChI=1S/C17H23N3O/c1-2-7-15-16(13-8-6-11-21-12-13)19-20(17(15)18)14-9-4-3-5-10-14/h3-5,9-10,13H,2,6-8,11-12,18H2,1H3. The van der Waals surface area contributed by atoms with Crippen molar-refractivity contribution in [1.29, 1.82) is 0 Å². The summed E-state index contributed by atoms with van der Waals surface area (Å²) in [6.45, 7) is 3.82. The number of benzene rings is 1. The van der Waals surface area contributed by atoms with Crippen LogP contribution in [-0.4, -0.2) is 23.0 Å². The molecule has 2 heterocycles. The van der Waals surface area contributed by atoms with Gasteiger partial charge in [0.25, 0.3) is 0 Å². The first-order chi connectivity index (χ1) is 10.3. The highest BCUT2D eigenvalue weighted by atomic mass is 16.5. The van der Waals surface area contributed by atoms with Crippen molar-refractivity contribution in [3.05, 3.63) is 41.6 Å². The van der Waals surface area contributed by atoms with Crippen LogP contribution in [0, 0.1) is 0 Å². The largest absolute Gasteiger partial charge is 0.383 e. The molecule has 1 atom stereocenters. The minimum absolute atomic E-state index is 0.382. The quantitative estimate of drug-likeness (QED) is 0.937. The molecule has 0 bridgehead atoms. The normalized spacial score (nSPS) is 18.8. The van der Waals surface area contributed by atoms with E-state index in [4.69, 9.17) is 15.6 Å². The van der Waals surface area contributed by atoms with E-state index in [1.165, 1.54) is 5.56 Å². The van der Waals surface area contributed by atoms with Crippen LogP contribution in [0.5, 0.6) is 0 Å². The van der Waals surface area contributed by atoms with E-state index >= 15 is 0 Å². The molecule has 1 unspecified atom stereocenters. The molecule has 2 N–H and O–H groups in total. The number of anilines is 1. The number of aromatic nitrogens is 2. The van der Waals surface area contributed by atoms with Gasteiger partial charge in [-0.15, -0.1) is 0 Å². The molecule has 112 valence electrons. The van der Waals surface area contributed by atoms with Crippen LogP contribution in [0.15, 0.2) is 30.3 Å². The molecule has 0 aliphatic carbocycles. The van der Waals surface area contributed by atoms with Gasteiger partial charge in [0.05, 0.1) is 18.0 Å². The van der Waals surface area contributed by atoms with E-state index in [9.17, 15) is 0 Å². The average molecular weight is 285 g/mol. The van der Waals surface area contributed by atoms with Crippen molar-refractivity contribution in [1.82, 2.24) is 9.78 Å². The molecule has 4 heteroatoms. The van der Waals surface area contributed by atoms with Gasteiger partial charge >= 0.3 is 0 Å². The van der Waals surface area contributed by atoms with Gasteiger partial charge in [0, 0.05) is 18.1 Å². The number of hydrogen-bond donors (Lipinski definition) is 1. The number of nitrogens with two attached hydrogens (primary N) is 1. The second kappa shape index (κ2) is 6.31. The maximum atomic E-state index is 6.39. The molecule has 2 aromatic rings. The molecule has 21 heavy (non-hydrogen) atoms. The summed E-state index contributed by atoms with van der Waals surface area (Å²) in [7, 11) is 0. The summed E-state index contributed by atoms with van der Waals surface area (Å²) in [5, 5.41) is 4.83. The average Bonchev–Trinajstić information content (AvgIpc) is 2.87. The topological polar surface area (TPSA) is 53.1 Å². The van der Waals surface area contributed by atoms with Crippen LogP contribution < -0.4 is 5.73 Å². The van der Waals surface area contributed by atoms with E-state index in [1.54, 1.807) is 0 Å². The van der Waals surface area contributed by atoms with Crippen molar-refractivity contribution >= 4 is 5.82 Å². The molecule has 3 rings (SSSR count). The van der Waals surface area contributed by atoms with E-state index in [2.05, 4.69) is 6.92 Å². The highest BCUT2D eigenvalue weighted by Gasteiger charge is 2.25. The molecular weight excluding hydrogens is 262 g/mol. The maximum Gasteiger partial charge on any atom is 0.130 e. The molecule has 1 aromatic carbocycles. The third-order valence-electron chi connectivity index (χ3n) is 4.10. The summed E-state index contributed by atoms with van der Waals surface area (Å²) in [5.41, 5.74) is 9.75. The lowest BCUT2D eigenvalue weighted by Crippen LogP contribution is -2.17. The first kappa shape index (κ1) is 14.1. The molecule has 0 saturated carbocycles. The SMILES string of the molecule is CCCc1c(C2CCCOC2)nn(-c2ccccc2)c1N. The number of ether oxygens (including phenoxy) is 1. The van der Waals surface area contributed by atoms with Crippen LogP contribution >= 0.6 is 0 Å². The molecule has 1 aliphatic rings. The van der Waals surface area contributed by atoms with E-state index < -0.39 is 0 Å². The lowest BCUT2D eigenvalue weighted by molar-refractivity contribution is 0.0789. The van der Waals surface area contributed by atoms with E-state index in [1.807, 2.05) is 35.0 Å². The third-order valence-corrected chi connectivity index (χ3v) is 4.10. The molecule has 0 spiro atoms. The monoisotopic (exact) mass is 285 g/mol. The van der Waals surface area contributed by atoms with E-state index in [-0.39, 0.29) is 0 Å². The van der Waals surface area contributed by atoms with Gasteiger partial charge in [0.15, 0.2) is 0 Å². The number of rotatable bonds is 4. The lowest BCUT2D eigenvalue weighted by atomic mass is 9.94. The van der Waals surface area contributed by atoms with Crippen LogP contribution in [0.1, 0.15) is 43.4 Å².